The van der Waals surface area contributed by atoms with Crippen LogP contribution in [-0.2, 0) is 9.59 Å². The molecule has 2 aromatic rings. The second-order valence-corrected chi connectivity index (χ2v) is 4.68. The average Bonchev–Trinajstić information content (AvgIpc) is 2.50. The van der Waals surface area contributed by atoms with Crippen molar-refractivity contribution in [3.8, 4) is 0 Å². The van der Waals surface area contributed by atoms with Gasteiger partial charge in [0.25, 0.3) is 11.5 Å². The number of aromatic amines is 1. The molecule has 0 aliphatic carbocycles. The maximum Gasteiger partial charge on any atom is 0.326 e. The van der Waals surface area contributed by atoms with E-state index in [1.165, 1.54) is 0 Å². The lowest BCUT2D eigenvalue weighted by Gasteiger charge is -2.13. The van der Waals surface area contributed by atoms with E-state index in [2.05, 4.69) is 25.3 Å². The molecular weight excluding hydrogens is 324 g/mol. The van der Waals surface area contributed by atoms with Crippen molar-refractivity contribution in [1.29, 1.82) is 0 Å². The number of anilines is 1. The van der Waals surface area contributed by atoms with E-state index in [4.69, 9.17) is 15.9 Å². The Morgan fingerprint density at radius 2 is 2.00 bits per heavy atom. The number of nitrogens with two attached hydrogens (primary N) is 1. The summed E-state index contributed by atoms with van der Waals surface area (Å²) in [6.45, 7) is 0. The van der Waals surface area contributed by atoms with Crippen LogP contribution in [0.4, 0.5) is 5.95 Å². The van der Waals surface area contributed by atoms with Crippen LogP contribution in [0.1, 0.15) is 23.3 Å². The molecule has 0 bridgehead atoms. The monoisotopic (exact) mass is 336 g/mol. The zero-order chi connectivity index (χ0) is 17.9. The minimum Gasteiger partial charge on any atom is -0.481 e. The Bertz CT molecular complexity index is 878. The number of rotatable bonds is 6. The van der Waals surface area contributed by atoms with Gasteiger partial charge in [-0.2, -0.15) is 4.98 Å². The molecule has 1 unspecified atom stereocenters. The lowest BCUT2D eigenvalue weighted by atomic mass is 10.1. The number of carbonyl (C=O) groups excluding carboxylic acids is 1. The van der Waals surface area contributed by atoms with Gasteiger partial charge in [-0.1, -0.05) is 0 Å². The number of hydrogen-bond acceptors (Lipinski definition) is 8. The number of carbonyl (C=O) groups is 3. The molecule has 24 heavy (non-hydrogen) atoms. The molecule has 2 aromatic heterocycles. The first-order chi connectivity index (χ1) is 11.3. The number of nitrogens with zero attached hydrogens (tertiary/aromatic N) is 3. The van der Waals surface area contributed by atoms with Gasteiger partial charge in [0.1, 0.15) is 11.7 Å². The number of nitrogen functional groups attached to an aromatic ring is 1. The average molecular weight is 336 g/mol. The molecule has 1 amide bonds. The van der Waals surface area contributed by atoms with Crippen LogP contribution < -0.4 is 16.6 Å². The first-order valence-electron chi connectivity index (χ1n) is 6.56. The van der Waals surface area contributed by atoms with Crippen LogP contribution in [0.2, 0.25) is 0 Å². The molecular formula is C12H12N6O6. The summed E-state index contributed by atoms with van der Waals surface area (Å²) in [5.41, 5.74) is 4.01. The molecule has 6 N–H and O–H groups in total. The van der Waals surface area contributed by atoms with Crippen molar-refractivity contribution in [2.75, 3.05) is 5.73 Å². The number of H-pyrrole nitrogens is 1. The smallest absolute Gasteiger partial charge is 0.326 e. The molecule has 0 spiro atoms. The predicted octanol–water partition coefficient (Wildman–Crippen LogP) is -1.66. The summed E-state index contributed by atoms with van der Waals surface area (Å²) >= 11 is 0. The van der Waals surface area contributed by atoms with Gasteiger partial charge in [-0.25, -0.2) is 14.8 Å². The molecule has 126 valence electrons. The number of aliphatic carboxylic acids is 2. The quantitative estimate of drug-likeness (QED) is 0.406. The van der Waals surface area contributed by atoms with E-state index in [-0.39, 0.29) is 29.2 Å². The van der Waals surface area contributed by atoms with Crippen molar-refractivity contribution < 1.29 is 24.6 Å². The largest absolute Gasteiger partial charge is 0.481 e. The molecule has 0 saturated carbocycles. The van der Waals surface area contributed by atoms with Gasteiger partial charge in [-0.15, -0.1) is 0 Å². The number of fused-ring (bicyclic) bond motifs is 1. The van der Waals surface area contributed by atoms with Crippen molar-refractivity contribution in [2.45, 2.75) is 18.9 Å². The van der Waals surface area contributed by atoms with Crippen molar-refractivity contribution in [3.05, 3.63) is 22.2 Å². The van der Waals surface area contributed by atoms with Gasteiger partial charge in [0.2, 0.25) is 5.95 Å². The van der Waals surface area contributed by atoms with Crippen LogP contribution >= 0.6 is 0 Å². The Kier molecular flexibility index (Phi) is 4.68. The maximum atomic E-state index is 12.0. The Morgan fingerprint density at radius 3 is 2.62 bits per heavy atom. The number of carboxylic acid groups (broad SMARTS) is 2. The summed E-state index contributed by atoms with van der Waals surface area (Å²) < 4.78 is 0. The van der Waals surface area contributed by atoms with Crippen LogP contribution in [-0.4, -0.2) is 54.0 Å². The maximum absolute atomic E-state index is 12.0. The van der Waals surface area contributed by atoms with Gasteiger partial charge in [0.05, 0.1) is 6.20 Å². The van der Waals surface area contributed by atoms with E-state index in [0.29, 0.717) is 0 Å². The first kappa shape index (κ1) is 16.8. The van der Waals surface area contributed by atoms with E-state index in [0.717, 1.165) is 6.20 Å². The summed E-state index contributed by atoms with van der Waals surface area (Å²) in [5, 5.41) is 19.7. The van der Waals surface area contributed by atoms with E-state index in [1.807, 2.05) is 0 Å². The summed E-state index contributed by atoms with van der Waals surface area (Å²) in [4.78, 5) is 58.8. The number of aromatic nitrogens is 4. The molecule has 2 rings (SSSR count). The third kappa shape index (κ3) is 3.79. The number of carboxylic acids is 2. The third-order valence-corrected chi connectivity index (χ3v) is 2.92. The van der Waals surface area contributed by atoms with Crippen LogP contribution in [0.3, 0.4) is 0 Å². The highest BCUT2D eigenvalue weighted by Gasteiger charge is 2.23. The van der Waals surface area contributed by atoms with Gasteiger partial charge in [0.15, 0.2) is 11.2 Å². The highest BCUT2D eigenvalue weighted by atomic mass is 16.4. The Labute approximate surface area is 132 Å². The summed E-state index contributed by atoms with van der Waals surface area (Å²) in [7, 11) is 0. The van der Waals surface area contributed by atoms with Crippen LogP contribution in [0, 0.1) is 0 Å². The van der Waals surface area contributed by atoms with Crippen molar-refractivity contribution in [2.24, 2.45) is 0 Å². The zero-order valence-electron chi connectivity index (χ0n) is 12.0. The van der Waals surface area contributed by atoms with E-state index in [9.17, 15) is 19.2 Å². The fourth-order valence-electron chi connectivity index (χ4n) is 1.80. The molecule has 0 aliphatic rings. The first-order valence-corrected chi connectivity index (χ1v) is 6.56. The summed E-state index contributed by atoms with van der Waals surface area (Å²) in [6.07, 6.45) is 0.249. The zero-order valence-corrected chi connectivity index (χ0v) is 12.0. The number of amides is 1. The fourth-order valence-corrected chi connectivity index (χ4v) is 1.80. The van der Waals surface area contributed by atoms with Crippen molar-refractivity contribution >= 4 is 35.0 Å². The van der Waals surface area contributed by atoms with Crippen molar-refractivity contribution in [3.63, 3.8) is 0 Å². The molecule has 12 heteroatoms. The van der Waals surface area contributed by atoms with Gasteiger partial charge in [-0.05, 0) is 6.42 Å². The van der Waals surface area contributed by atoms with E-state index < -0.39 is 35.9 Å². The predicted molar refractivity (Wildman–Crippen MR) is 78.1 cm³/mol. The van der Waals surface area contributed by atoms with Crippen LogP contribution in [0.15, 0.2) is 11.0 Å². The van der Waals surface area contributed by atoms with Gasteiger partial charge in [-0.3, -0.25) is 19.4 Å². The lowest BCUT2D eigenvalue weighted by Crippen LogP contribution is -2.41. The lowest BCUT2D eigenvalue weighted by molar-refractivity contribution is -0.140. The Balaban J connectivity index is 2.25. The van der Waals surface area contributed by atoms with Crippen LogP contribution in [0.25, 0.3) is 11.2 Å². The second kappa shape index (κ2) is 6.68. The molecule has 2 heterocycles. The van der Waals surface area contributed by atoms with Gasteiger partial charge < -0.3 is 21.3 Å². The van der Waals surface area contributed by atoms with Gasteiger partial charge in [0, 0.05) is 6.42 Å². The standard InChI is InChI=1S/C12H12N6O6/c13-12-17-8-7(10(22)18-12)15-5(3-14-8)9(21)16-4(11(23)24)1-2-6(19)20/h3-4H,1-2H2,(H,16,21)(H,19,20)(H,23,24)(H3,13,14,17,18,22). The molecule has 0 aliphatic heterocycles. The van der Waals surface area contributed by atoms with Gasteiger partial charge >= 0.3 is 11.9 Å². The Morgan fingerprint density at radius 1 is 1.29 bits per heavy atom. The molecule has 1 atom stereocenters. The van der Waals surface area contributed by atoms with Crippen molar-refractivity contribution in [1.82, 2.24) is 25.3 Å². The molecule has 0 fully saturated rings. The minimum atomic E-state index is -1.42. The summed E-state index contributed by atoms with van der Waals surface area (Å²) in [5.74, 6) is -3.68. The fraction of sp³-hybridized carbons (Fsp3) is 0.250. The molecule has 12 nitrogen and oxygen atoms in total. The highest BCUT2D eigenvalue weighted by Crippen LogP contribution is 2.05. The van der Waals surface area contributed by atoms with E-state index >= 15 is 0 Å². The molecule has 0 radical (unpaired) electrons. The number of nitrogens with one attached hydrogen (secondary N) is 2. The normalized spacial score (nSPS) is 11.8. The Hall–Kier alpha value is -3.57. The molecule has 0 saturated heterocycles. The SMILES string of the molecule is Nc1nc2ncc(C(=O)NC(CCC(=O)O)C(=O)O)nc2c(=O)[nH]1. The third-order valence-electron chi connectivity index (χ3n) is 2.92. The minimum absolute atomic E-state index is 0.0755. The number of hydrogen-bond donors (Lipinski definition) is 5. The second-order valence-electron chi connectivity index (χ2n) is 4.68. The highest BCUT2D eigenvalue weighted by molar-refractivity contribution is 5.95. The topological polar surface area (TPSA) is 201 Å². The summed E-state index contributed by atoms with van der Waals surface area (Å²) in [6, 6.07) is -1.42. The van der Waals surface area contributed by atoms with E-state index in [1.54, 1.807) is 0 Å². The molecule has 0 aromatic carbocycles. The van der Waals surface area contributed by atoms with Crippen LogP contribution in [0.5, 0.6) is 0 Å².